The maximum absolute atomic E-state index is 11.6. The summed E-state index contributed by atoms with van der Waals surface area (Å²) >= 11 is 0. The third-order valence-electron chi connectivity index (χ3n) is 2.65. The molecule has 0 aromatic carbocycles. The van der Waals surface area contributed by atoms with Crippen LogP contribution in [-0.4, -0.2) is 41.8 Å². The molecule has 1 fully saturated rings. The molecule has 1 saturated heterocycles. The summed E-state index contributed by atoms with van der Waals surface area (Å²) in [6, 6.07) is -0.593. The standard InChI is InChI=1S/C11H20N2O2/c1-4-5-6-13-8-11(2,3)12-10(15)9(13)7-14/h7,9H,4-6,8H2,1-3H3,(H,12,15). The zero-order chi connectivity index (χ0) is 11.5. The smallest absolute Gasteiger partial charge is 0.245 e. The first-order chi connectivity index (χ1) is 7.00. The highest BCUT2D eigenvalue weighted by Crippen LogP contribution is 2.15. The van der Waals surface area contributed by atoms with Gasteiger partial charge in [-0.1, -0.05) is 13.3 Å². The van der Waals surface area contributed by atoms with Crippen LogP contribution >= 0.6 is 0 Å². The normalized spacial score (nSPS) is 26.1. The third-order valence-corrected chi connectivity index (χ3v) is 2.65. The van der Waals surface area contributed by atoms with Gasteiger partial charge in [0.1, 0.15) is 12.3 Å². The molecular formula is C11H20N2O2. The van der Waals surface area contributed by atoms with Crippen LogP contribution in [0.2, 0.25) is 0 Å². The Morgan fingerprint density at radius 1 is 1.60 bits per heavy atom. The molecule has 1 amide bonds. The fourth-order valence-corrected chi connectivity index (χ4v) is 1.95. The molecule has 1 unspecified atom stereocenters. The highest BCUT2D eigenvalue weighted by atomic mass is 16.2. The summed E-state index contributed by atoms with van der Waals surface area (Å²) in [6.07, 6.45) is 2.83. The molecule has 86 valence electrons. The molecule has 0 saturated carbocycles. The van der Waals surface area contributed by atoms with Gasteiger partial charge in [-0.2, -0.15) is 0 Å². The largest absolute Gasteiger partial charge is 0.348 e. The molecule has 0 bridgehead atoms. The van der Waals surface area contributed by atoms with Crippen LogP contribution in [0.1, 0.15) is 33.6 Å². The average molecular weight is 212 g/mol. The van der Waals surface area contributed by atoms with Crippen molar-refractivity contribution in [3.63, 3.8) is 0 Å². The Labute approximate surface area is 91.0 Å². The van der Waals surface area contributed by atoms with Gasteiger partial charge in [0.05, 0.1) is 0 Å². The van der Waals surface area contributed by atoms with Crippen LogP contribution in [0.4, 0.5) is 0 Å². The van der Waals surface area contributed by atoms with E-state index in [4.69, 9.17) is 0 Å². The number of hydrogen-bond donors (Lipinski definition) is 1. The monoisotopic (exact) mass is 212 g/mol. The Balaban J connectivity index is 2.70. The van der Waals surface area contributed by atoms with Crippen molar-refractivity contribution < 1.29 is 9.59 Å². The minimum absolute atomic E-state index is 0.169. The number of aldehydes is 1. The van der Waals surface area contributed by atoms with E-state index >= 15 is 0 Å². The summed E-state index contributed by atoms with van der Waals surface area (Å²) in [5.74, 6) is -0.169. The van der Waals surface area contributed by atoms with Crippen LogP contribution in [0, 0.1) is 0 Å². The Bertz CT molecular complexity index is 251. The molecule has 0 aromatic rings. The van der Waals surface area contributed by atoms with Gasteiger partial charge in [0.15, 0.2) is 0 Å². The van der Waals surface area contributed by atoms with Gasteiger partial charge in [-0.3, -0.25) is 9.69 Å². The lowest BCUT2D eigenvalue weighted by atomic mass is 9.98. The summed E-state index contributed by atoms with van der Waals surface area (Å²) in [5, 5.41) is 2.85. The topological polar surface area (TPSA) is 49.4 Å². The molecule has 15 heavy (non-hydrogen) atoms. The van der Waals surface area contributed by atoms with Gasteiger partial charge in [0, 0.05) is 12.1 Å². The number of nitrogens with zero attached hydrogens (tertiary/aromatic N) is 1. The second-order valence-corrected chi connectivity index (χ2v) is 4.78. The molecule has 1 N–H and O–H groups in total. The third kappa shape index (κ3) is 3.02. The number of rotatable bonds is 4. The Kier molecular flexibility index (Phi) is 3.85. The lowest BCUT2D eigenvalue weighted by molar-refractivity contribution is -0.136. The molecule has 1 atom stereocenters. The Hall–Kier alpha value is -0.900. The zero-order valence-corrected chi connectivity index (χ0v) is 9.75. The van der Waals surface area contributed by atoms with Gasteiger partial charge in [-0.15, -0.1) is 0 Å². The molecule has 0 aliphatic carbocycles. The number of amides is 1. The first-order valence-corrected chi connectivity index (χ1v) is 5.51. The van der Waals surface area contributed by atoms with Gasteiger partial charge in [0.2, 0.25) is 5.91 Å². The predicted molar refractivity (Wildman–Crippen MR) is 58.6 cm³/mol. The minimum atomic E-state index is -0.593. The quantitative estimate of drug-likeness (QED) is 0.547. The van der Waals surface area contributed by atoms with Crippen LogP contribution in [0.5, 0.6) is 0 Å². The highest BCUT2D eigenvalue weighted by molar-refractivity contribution is 5.96. The van der Waals surface area contributed by atoms with Crippen molar-refractivity contribution in [2.75, 3.05) is 13.1 Å². The number of unbranched alkanes of at least 4 members (excludes halogenated alkanes) is 1. The Morgan fingerprint density at radius 2 is 2.27 bits per heavy atom. The van der Waals surface area contributed by atoms with Crippen molar-refractivity contribution in [2.45, 2.75) is 45.2 Å². The van der Waals surface area contributed by atoms with Crippen molar-refractivity contribution in [3.05, 3.63) is 0 Å². The van der Waals surface area contributed by atoms with Gasteiger partial charge in [-0.05, 0) is 26.8 Å². The van der Waals surface area contributed by atoms with Gasteiger partial charge >= 0.3 is 0 Å². The van der Waals surface area contributed by atoms with E-state index in [0.717, 1.165) is 32.2 Å². The lowest BCUT2D eigenvalue weighted by Crippen LogP contribution is -2.65. The van der Waals surface area contributed by atoms with Crippen molar-refractivity contribution in [3.8, 4) is 0 Å². The van der Waals surface area contributed by atoms with Gasteiger partial charge in [0.25, 0.3) is 0 Å². The van der Waals surface area contributed by atoms with Crippen LogP contribution in [0.25, 0.3) is 0 Å². The van der Waals surface area contributed by atoms with E-state index in [-0.39, 0.29) is 11.4 Å². The first kappa shape index (κ1) is 12.2. The SMILES string of the molecule is CCCCN1CC(C)(C)NC(=O)C1C=O. The van der Waals surface area contributed by atoms with E-state index < -0.39 is 6.04 Å². The fraction of sp³-hybridized carbons (Fsp3) is 0.818. The number of nitrogens with one attached hydrogen (secondary N) is 1. The summed E-state index contributed by atoms with van der Waals surface area (Å²) in [7, 11) is 0. The zero-order valence-electron chi connectivity index (χ0n) is 9.75. The molecule has 4 nitrogen and oxygen atoms in total. The van der Waals surface area contributed by atoms with Gasteiger partial charge < -0.3 is 10.1 Å². The van der Waals surface area contributed by atoms with Crippen molar-refractivity contribution in [2.24, 2.45) is 0 Å². The minimum Gasteiger partial charge on any atom is -0.348 e. The molecule has 1 aliphatic rings. The number of carbonyl (C=O) groups excluding carboxylic acids is 2. The maximum atomic E-state index is 11.6. The molecule has 0 aromatic heterocycles. The van der Waals surface area contributed by atoms with E-state index in [0.29, 0.717) is 0 Å². The summed E-state index contributed by atoms with van der Waals surface area (Å²) in [4.78, 5) is 24.5. The molecule has 1 rings (SSSR count). The summed E-state index contributed by atoms with van der Waals surface area (Å²) in [6.45, 7) is 7.61. The van der Waals surface area contributed by atoms with Crippen LogP contribution in [-0.2, 0) is 9.59 Å². The van der Waals surface area contributed by atoms with Crippen LogP contribution in [0.15, 0.2) is 0 Å². The fourth-order valence-electron chi connectivity index (χ4n) is 1.95. The highest BCUT2D eigenvalue weighted by Gasteiger charge is 2.37. The van der Waals surface area contributed by atoms with E-state index in [1.54, 1.807) is 0 Å². The molecule has 4 heteroatoms. The molecule has 0 radical (unpaired) electrons. The van der Waals surface area contributed by atoms with E-state index in [9.17, 15) is 9.59 Å². The maximum Gasteiger partial charge on any atom is 0.245 e. The van der Waals surface area contributed by atoms with E-state index in [2.05, 4.69) is 12.2 Å². The predicted octanol–water partition coefficient (Wildman–Crippen LogP) is 0.564. The second-order valence-electron chi connectivity index (χ2n) is 4.78. The van der Waals surface area contributed by atoms with Crippen molar-refractivity contribution in [1.82, 2.24) is 10.2 Å². The number of piperazine rings is 1. The second kappa shape index (κ2) is 4.75. The molecule has 1 aliphatic heterocycles. The van der Waals surface area contributed by atoms with Gasteiger partial charge in [-0.25, -0.2) is 0 Å². The average Bonchev–Trinajstić information content (AvgIpc) is 2.12. The summed E-state index contributed by atoms with van der Waals surface area (Å²) in [5.41, 5.74) is -0.232. The van der Waals surface area contributed by atoms with E-state index in [1.165, 1.54) is 0 Å². The molecular weight excluding hydrogens is 192 g/mol. The van der Waals surface area contributed by atoms with Crippen molar-refractivity contribution >= 4 is 12.2 Å². The van der Waals surface area contributed by atoms with E-state index in [1.807, 2.05) is 18.7 Å². The lowest BCUT2D eigenvalue weighted by Gasteiger charge is -2.41. The first-order valence-electron chi connectivity index (χ1n) is 5.51. The molecule has 0 spiro atoms. The van der Waals surface area contributed by atoms with Crippen molar-refractivity contribution in [1.29, 1.82) is 0 Å². The van der Waals surface area contributed by atoms with Crippen LogP contribution in [0.3, 0.4) is 0 Å². The number of hydrogen-bond acceptors (Lipinski definition) is 3. The summed E-state index contributed by atoms with van der Waals surface area (Å²) < 4.78 is 0. The molecule has 1 heterocycles. The van der Waals surface area contributed by atoms with Crippen LogP contribution < -0.4 is 5.32 Å². The Morgan fingerprint density at radius 3 is 2.80 bits per heavy atom. The number of carbonyl (C=O) groups is 2.